The topological polar surface area (TPSA) is 26.0 Å². The first-order chi connectivity index (χ1) is 6.42. The van der Waals surface area contributed by atoms with Gasteiger partial charge in [0, 0.05) is 5.56 Å². The zero-order valence-corrected chi connectivity index (χ0v) is 7.66. The van der Waals surface area contributed by atoms with Gasteiger partial charge in [-0.25, -0.2) is 0 Å². The van der Waals surface area contributed by atoms with Crippen molar-refractivity contribution in [3.8, 4) is 11.1 Å². The van der Waals surface area contributed by atoms with Crippen molar-refractivity contribution in [2.75, 3.05) is 0 Å². The number of hydrogen-bond acceptors (Lipinski definition) is 2. The Morgan fingerprint density at radius 2 is 2.00 bits per heavy atom. The van der Waals surface area contributed by atoms with Crippen LogP contribution in [0.3, 0.4) is 0 Å². The molecule has 0 saturated carbocycles. The van der Waals surface area contributed by atoms with Gasteiger partial charge < -0.3 is 4.52 Å². The predicted octanol–water partition coefficient (Wildman–Crippen LogP) is 3.08. The molecule has 0 unspecified atom stereocenters. The average molecular weight is 194 g/mol. The molecule has 0 fully saturated rings. The van der Waals surface area contributed by atoms with Gasteiger partial charge >= 0.3 is 0 Å². The molecule has 0 atom stereocenters. The lowest BCUT2D eigenvalue weighted by atomic mass is 10.1. The van der Waals surface area contributed by atoms with Crippen molar-refractivity contribution in [3.05, 3.63) is 42.3 Å². The molecule has 0 N–H and O–H groups in total. The highest BCUT2D eigenvalue weighted by Crippen LogP contribution is 2.23. The van der Waals surface area contributed by atoms with E-state index in [1.54, 1.807) is 6.26 Å². The third-order valence-corrected chi connectivity index (χ3v) is 2.11. The molecule has 0 bridgehead atoms. The molecule has 2 nitrogen and oxygen atoms in total. The summed E-state index contributed by atoms with van der Waals surface area (Å²) in [5, 5.41) is 3.80. The normalized spacial score (nSPS) is 10.2. The molecule has 3 heteroatoms. The second-order valence-electron chi connectivity index (χ2n) is 2.67. The van der Waals surface area contributed by atoms with E-state index in [9.17, 15) is 0 Å². The van der Waals surface area contributed by atoms with Crippen LogP contribution < -0.4 is 0 Å². The van der Waals surface area contributed by atoms with Crippen LogP contribution >= 0.6 is 11.6 Å². The Bertz CT molecular complexity index is 383. The SMILES string of the molecule is ClCc1nocc1-c1ccccc1. The molecule has 0 saturated heterocycles. The van der Waals surface area contributed by atoms with Crippen LogP contribution in [0.1, 0.15) is 5.69 Å². The molecule has 0 spiro atoms. The lowest BCUT2D eigenvalue weighted by Crippen LogP contribution is -1.81. The molecule has 2 rings (SSSR count). The fourth-order valence-electron chi connectivity index (χ4n) is 1.21. The van der Waals surface area contributed by atoms with Gasteiger partial charge in [0.1, 0.15) is 12.0 Å². The van der Waals surface area contributed by atoms with E-state index >= 15 is 0 Å². The van der Waals surface area contributed by atoms with E-state index in [-0.39, 0.29) is 0 Å². The standard InChI is InChI=1S/C10H8ClNO/c11-6-10-9(7-13-12-10)8-4-2-1-3-5-8/h1-5,7H,6H2. The maximum absolute atomic E-state index is 5.70. The van der Waals surface area contributed by atoms with E-state index < -0.39 is 0 Å². The fourth-order valence-corrected chi connectivity index (χ4v) is 1.40. The summed E-state index contributed by atoms with van der Waals surface area (Å²) in [6.07, 6.45) is 1.62. The van der Waals surface area contributed by atoms with E-state index in [0.717, 1.165) is 16.8 Å². The van der Waals surface area contributed by atoms with Gasteiger partial charge in [-0.05, 0) is 5.56 Å². The van der Waals surface area contributed by atoms with Crippen molar-refractivity contribution in [2.24, 2.45) is 0 Å². The largest absolute Gasteiger partial charge is 0.364 e. The molecule has 66 valence electrons. The van der Waals surface area contributed by atoms with E-state index in [1.165, 1.54) is 0 Å². The number of nitrogens with zero attached hydrogens (tertiary/aromatic N) is 1. The fraction of sp³-hybridized carbons (Fsp3) is 0.100. The van der Waals surface area contributed by atoms with Crippen molar-refractivity contribution in [1.82, 2.24) is 5.16 Å². The molecule has 0 radical (unpaired) electrons. The average Bonchev–Trinajstić information content (AvgIpc) is 2.67. The second-order valence-corrected chi connectivity index (χ2v) is 2.94. The minimum Gasteiger partial charge on any atom is -0.364 e. The van der Waals surface area contributed by atoms with Crippen LogP contribution in [0, 0.1) is 0 Å². The molecule has 2 aromatic rings. The Labute approximate surface area is 81.1 Å². The van der Waals surface area contributed by atoms with Gasteiger partial charge in [-0.3, -0.25) is 0 Å². The first kappa shape index (κ1) is 8.32. The van der Waals surface area contributed by atoms with E-state index in [2.05, 4.69) is 5.16 Å². The first-order valence-electron chi connectivity index (χ1n) is 3.96. The van der Waals surface area contributed by atoms with Crippen LogP contribution in [0.2, 0.25) is 0 Å². The van der Waals surface area contributed by atoms with Crippen LogP contribution in [0.4, 0.5) is 0 Å². The smallest absolute Gasteiger partial charge is 0.131 e. The summed E-state index contributed by atoms with van der Waals surface area (Å²) in [6, 6.07) is 9.92. The number of rotatable bonds is 2. The number of aromatic nitrogens is 1. The zero-order valence-electron chi connectivity index (χ0n) is 6.90. The molecule has 1 heterocycles. The van der Waals surface area contributed by atoms with Gasteiger partial charge in [0.05, 0.1) is 5.88 Å². The second kappa shape index (κ2) is 3.62. The molecule has 1 aromatic heterocycles. The lowest BCUT2D eigenvalue weighted by Gasteiger charge is -1.96. The maximum atomic E-state index is 5.70. The Morgan fingerprint density at radius 3 is 2.69 bits per heavy atom. The minimum absolute atomic E-state index is 0.376. The van der Waals surface area contributed by atoms with Crippen LogP contribution in [0.25, 0.3) is 11.1 Å². The van der Waals surface area contributed by atoms with E-state index in [0.29, 0.717) is 5.88 Å². The Kier molecular flexibility index (Phi) is 2.32. The van der Waals surface area contributed by atoms with Gasteiger partial charge in [-0.2, -0.15) is 0 Å². The summed E-state index contributed by atoms with van der Waals surface area (Å²) in [7, 11) is 0. The zero-order chi connectivity index (χ0) is 9.10. The molecule has 0 aliphatic rings. The Morgan fingerprint density at radius 1 is 1.23 bits per heavy atom. The van der Waals surface area contributed by atoms with E-state index in [4.69, 9.17) is 16.1 Å². The van der Waals surface area contributed by atoms with Crippen LogP contribution in [0.5, 0.6) is 0 Å². The Balaban J connectivity index is 2.47. The predicted molar refractivity (Wildman–Crippen MR) is 51.5 cm³/mol. The summed E-state index contributed by atoms with van der Waals surface area (Å²) < 4.78 is 4.86. The minimum atomic E-state index is 0.376. The summed E-state index contributed by atoms with van der Waals surface area (Å²) in [5.74, 6) is 0.376. The number of benzene rings is 1. The quantitative estimate of drug-likeness (QED) is 0.686. The van der Waals surface area contributed by atoms with Gasteiger partial charge in [-0.1, -0.05) is 35.5 Å². The van der Waals surface area contributed by atoms with Gasteiger partial charge in [0.15, 0.2) is 0 Å². The van der Waals surface area contributed by atoms with Crippen molar-refractivity contribution in [2.45, 2.75) is 5.88 Å². The van der Waals surface area contributed by atoms with Gasteiger partial charge in [0.2, 0.25) is 0 Å². The molecule has 0 aliphatic carbocycles. The highest BCUT2D eigenvalue weighted by atomic mass is 35.5. The molecule has 13 heavy (non-hydrogen) atoms. The van der Waals surface area contributed by atoms with Gasteiger partial charge in [-0.15, -0.1) is 11.6 Å². The van der Waals surface area contributed by atoms with Crippen LogP contribution in [-0.4, -0.2) is 5.16 Å². The van der Waals surface area contributed by atoms with Crippen molar-refractivity contribution in [1.29, 1.82) is 0 Å². The summed E-state index contributed by atoms with van der Waals surface area (Å²) in [6.45, 7) is 0. The molecule has 0 amide bonds. The van der Waals surface area contributed by atoms with Crippen LogP contribution in [0.15, 0.2) is 41.1 Å². The summed E-state index contributed by atoms with van der Waals surface area (Å²) >= 11 is 5.70. The third kappa shape index (κ3) is 1.58. The van der Waals surface area contributed by atoms with Gasteiger partial charge in [0.25, 0.3) is 0 Å². The molecule has 1 aromatic carbocycles. The monoisotopic (exact) mass is 193 g/mol. The van der Waals surface area contributed by atoms with Crippen molar-refractivity contribution >= 4 is 11.6 Å². The summed E-state index contributed by atoms with van der Waals surface area (Å²) in [5.41, 5.74) is 2.84. The molecular formula is C10H8ClNO. The lowest BCUT2D eigenvalue weighted by molar-refractivity contribution is 0.414. The highest BCUT2D eigenvalue weighted by molar-refractivity contribution is 6.17. The van der Waals surface area contributed by atoms with Crippen molar-refractivity contribution in [3.63, 3.8) is 0 Å². The number of alkyl halides is 1. The molecular weight excluding hydrogens is 186 g/mol. The maximum Gasteiger partial charge on any atom is 0.131 e. The Hall–Kier alpha value is -1.28. The first-order valence-corrected chi connectivity index (χ1v) is 4.50. The summed E-state index contributed by atoms with van der Waals surface area (Å²) in [4.78, 5) is 0. The van der Waals surface area contributed by atoms with E-state index in [1.807, 2.05) is 30.3 Å². The number of hydrogen-bond donors (Lipinski definition) is 0. The molecule has 0 aliphatic heterocycles. The van der Waals surface area contributed by atoms with Crippen molar-refractivity contribution < 1.29 is 4.52 Å². The third-order valence-electron chi connectivity index (χ3n) is 1.86. The van der Waals surface area contributed by atoms with Crippen LogP contribution in [-0.2, 0) is 5.88 Å². The number of halogens is 1. The highest BCUT2D eigenvalue weighted by Gasteiger charge is 2.07.